The molecule has 2 rings (SSSR count). The topological polar surface area (TPSA) is 50.4 Å². The van der Waals surface area contributed by atoms with Crippen LogP contribution in [0.5, 0.6) is 5.75 Å². The molecule has 0 fully saturated rings. The fourth-order valence-electron chi connectivity index (χ4n) is 1.96. The molecule has 0 aliphatic heterocycles. The molecule has 0 atom stereocenters. The number of hydrogen-bond donors (Lipinski definition) is 2. The Morgan fingerprint density at radius 2 is 1.84 bits per heavy atom. The summed E-state index contributed by atoms with van der Waals surface area (Å²) in [4.78, 5) is 11.9. The van der Waals surface area contributed by atoms with Gasteiger partial charge in [0.05, 0.1) is 35.0 Å². The lowest BCUT2D eigenvalue weighted by Crippen LogP contribution is -2.22. The van der Waals surface area contributed by atoms with Crippen molar-refractivity contribution in [3.8, 4) is 5.75 Å². The molecule has 0 spiro atoms. The number of amides is 1. The van der Waals surface area contributed by atoms with Crippen LogP contribution in [-0.4, -0.2) is 19.6 Å². The Morgan fingerprint density at radius 3 is 2.44 bits per heavy atom. The van der Waals surface area contributed by atoms with Gasteiger partial charge in [0, 0.05) is 5.69 Å². The molecule has 134 valence electrons. The number of hydrogen-bond acceptors (Lipinski definition) is 3. The van der Waals surface area contributed by atoms with Gasteiger partial charge in [-0.25, -0.2) is 0 Å². The minimum atomic E-state index is -4.50. The molecule has 0 heterocycles. The summed E-state index contributed by atoms with van der Waals surface area (Å²) in [7, 11) is 1.46. The number of nitrogens with one attached hydrogen (secondary N) is 2. The van der Waals surface area contributed by atoms with E-state index in [4.69, 9.17) is 27.9 Å². The van der Waals surface area contributed by atoms with Gasteiger partial charge in [0.1, 0.15) is 5.75 Å². The Balaban J connectivity index is 2.01. The van der Waals surface area contributed by atoms with E-state index >= 15 is 0 Å². The molecule has 25 heavy (non-hydrogen) atoms. The maximum Gasteiger partial charge on any atom is 0.416 e. The van der Waals surface area contributed by atoms with Crippen molar-refractivity contribution in [3.05, 3.63) is 52.0 Å². The standard InChI is InChI=1S/C16H13Cl2F3N2O2/c1-25-14-5-3-10(7-12(14)18)23-15(24)8-22-13-6-9(16(19,20)21)2-4-11(13)17/h2-7,22H,8H2,1H3,(H,23,24). The van der Waals surface area contributed by atoms with Gasteiger partial charge in [-0.3, -0.25) is 4.79 Å². The van der Waals surface area contributed by atoms with Gasteiger partial charge in [-0.1, -0.05) is 23.2 Å². The van der Waals surface area contributed by atoms with E-state index in [1.165, 1.54) is 13.2 Å². The molecule has 0 radical (unpaired) electrons. The number of halogens is 5. The Hall–Kier alpha value is -2.12. The van der Waals surface area contributed by atoms with Crippen LogP contribution < -0.4 is 15.4 Å². The third-order valence-electron chi connectivity index (χ3n) is 3.17. The van der Waals surface area contributed by atoms with Crippen LogP contribution in [-0.2, 0) is 11.0 Å². The van der Waals surface area contributed by atoms with Gasteiger partial charge in [0.15, 0.2) is 0 Å². The number of ether oxygens (including phenoxy) is 1. The van der Waals surface area contributed by atoms with Gasteiger partial charge in [0.2, 0.25) is 5.91 Å². The van der Waals surface area contributed by atoms with Crippen LogP contribution in [0.2, 0.25) is 10.0 Å². The monoisotopic (exact) mass is 392 g/mol. The van der Waals surface area contributed by atoms with Gasteiger partial charge >= 0.3 is 6.18 Å². The van der Waals surface area contributed by atoms with Crippen molar-refractivity contribution in [2.75, 3.05) is 24.3 Å². The van der Waals surface area contributed by atoms with E-state index in [1.54, 1.807) is 12.1 Å². The lowest BCUT2D eigenvalue weighted by atomic mass is 10.2. The molecule has 0 unspecified atom stereocenters. The summed E-state index contributed by atoms with van der Waals surface area (Å²) in [6, 6.07) is 7.49. The van der Waals surface area contributed by atoms with Gasteiger partial charge < -0.3 is 15.4 Å². The minimum absolute atomic E-state index is 0.0133. The van der Waals surface area contributed by atoms with Crippen LogP contribution >= 0.6 is 23.2 Å². The summed E-state index contributed by atoms with van der Waals surface area (Å²) < 4.78 is 43.1. The smallest absolute Gasteiger partial charge is 0.416 e. The van der Waals surface area contributed by atoms with Crippen molar-refractivity contribution < 1.29 is 22.7 Å². The first-order valence-electron chi connectivity index (χ1n) is 6.94. The fourth-order valence-corrected chi connectivity index (χ4v) is 2.40. The van der Waals surface area contributed by atoms with Crippen LogP contribution in [0.25, 0.3) is 0 Å². The summed E-state index contributed by atoms with van der Waals surface area (Å²) in [5, 5.41) is 5.53. The highest BCUT2D eigenvalue weighted by Gasteiger charge is 2.30. The largest absolute Gasteiger partial charge is 0.495 e. The number of rotatable bonds is 5. The minimum Gasteiger partial charge on any atom is -0.495 e. The summed E-state index contributed by atoms with van der Waals surface area (Å²) >= 11 is 11.8. The zero-order valence-electron chi connectivity index (χ0n) is 12.9. The molecule has 0 saturated heterocycles. The van der Waals surface area contributed by atoms with E-state index in [9.17, 15) is 18.0 Å². The summed E-state index contributed by atoms with van der Waals surface area (Å²) in [5.41, 5.74) is -0.422. The van der Waals surface area contributed by atoms with Crippen LogP contribution in [0.4, 0.5) is 24.5 Å². The van der Waals surface area contributed by atoms with Crippen molar-refractivity contribution in [1.82, 2.24) is 0 Å². The van der Waals surface area contributed by atoms with E-state index in [0.29, 0.717) is 16.5 Å². The number of carbonyl (C=O) groups excluding carboxylic acids is 1. The van der Waals surface area contributed by atoms with Crippen molar-refractivity contribution in [3.63, 3.8) is 0 Å². The third-order valence-corrected chi connectivity index (χ3v) is 3.79. The van der Waals surface area contributed by atoms with Crippen LogP contribution in [0.1, 0.15) is 5.56 Å². The molecule has 2 N–H and O–H groups in total. The molecule has 0 aliphatic carbocycles. The Kier molecular flexibility index (Phi) is 6.02. The highest BCUT2D eigenvalue weighted by Crippen LogP contribution is 2.33. The van der Waals surface area contributed by atoms with Gasteiger partial charge in [-0.05, 0) is 36.4 Å². The maximum atomic E-state index is 12.7. The van der Waals surface area contributed by atoms with Gasteiger partial charge in [-0.2, -0.15) is 13.2 Å². The predicted octanol–water partition coefficient (Wildman–Crippen LogP) is 5.07. The second-order valence-corrected chi connectivity index (χ2v) is 5.76. The first-order valence-corrected chi connectivity index (χ1v) is 7.70. The summed E-state index contributed by atoms with van der Waals surface area (Å²) in [5.74, 6) is -0.0248. The summed E-state index contributed by atoms with van der Waals surface area (Å²) in [6.45, 7) is -0.273. The highest BCUT2D eigenvalue weighted by atomic mass is 35.5. The number of carbonyl (C=O) groups is 1. The highest BCUT2D eigenvalue weighted by molar-refractivity contribution is 6.33. The molecule has 0 saturated carbocycles. The molecule has 2 aromatic carbocycles. The maximum absolute atomic E-state index is 12.7. The molecular formula is C16H13Cl2F3N2O2. The van der Waals surface area contributed by atoms with Crippen molar-refractivity contribution in [2.45, 2.75) is 6.18 Å². The predicted molar refractivity (Wildman–Crippen MR) is 91.6 cm³/mol. The molecule has 1 amide bonds. The van der Waals surface area contributed by atoms with E-state index in [0.717, 1.165) is 18.2 Å². The van der Waals surface area contributed by atoms with E-state index in [1.807, 2.05) is 0 Å². The Labute approximate surface area is 151 Å². The lowest BCUT2D eigenvalue weighted by molar-refractivity contribution is -0.137. The van der Waals surface area contributed by atoms with Crippen LogP contribution in [0, 0.1) is 0 Å². The summed E-state index contributed by atoms with van der Waals surface area (Å²) in [6.07, 6.45) is -4.50. The van der Waals surface area contributed by atoms with Crippen LogP contribution in [0.3, 0.4) is 0 Å². The molecule has 2 aromatic rings. The van der Waals surface area contributed by atoms with Gasteiger partial charge in [-0.15, -0.1) is 0 Å². The SMILES string of the molecule is COc1ccc(NC(=O)CNc2cc(C(F)(F)F)ccc2Cl)cc1Cl. The third kappa shape index (κ3) is 5.17. The first-order chi connectivity index (χ1) is 11.7. The molecule has 0 aromatic heterocycles. The molecular weight excluding hydrogens is 380 g/mol. The molecule has 9 heteroatoms. The van der Waals surface area contributed by atoms with Crippen molar-refractivity contribution >= 4 is 40.5 Å². The van der Waals surface area contributed by atoms with E-state index in [2.05, 4.69) is 10.6 Å². The number of benzene rings is 2. The number of anilines is 2. The first kappa shape index (κ1) is 19.2. The van der Waals surface area contributed by atoms with Crippen molar-refractivity contribution in [1.29, 1.82) is 0 Å². The quantitative estimate of drug-likeness (QED) is 0.746. The molecule has 0 aliphatic rings. The zero-order valence-corrected chi connectivity index (χ0v) is 14.4. The normalized spacial score (nSPS) is 11.1. The Morgan fingerprint density at radius 1 is 1.12 bits per heavy atom. The molecule has 0 bridgehead atoms. The van der Waals surface area contributed by atoms with Gasteiger partial charge in [0.25, 0.3) is 0 Å². The second kappa shape index (κ2) is 7.84. The number of alkyl halides is 3. The fraction of sp³-hybridized carbons (Fsp3) is 0.188. The van der Waals surface area contributed by atoms with E-state index < -0.39 is 17.6 Å². The number of methoxy groups -OCH3 is 1. The average Bonchev–Trinajstić information content (AvgIpc) is 2.53. The lowest BCUT2D eigenvalue weighted by Gasteiger charge is -2.13. The van der Waals surface area contributed by atoms with Crippen LogP contribution in [0.15, 0.2) is 36.4 Å². The zero-order chi connectivity index (χ0) is 18.6. The second-order valence-electron chi connectivity index (χ2n) is 4.94. The average molecular weight is 393 g/mol. The van der Waals surface area contributed by atoms with Crippen molar-refractivity contribution in [2.24, 2.45) is 0 Å². The van der Waals surface area contributed by atoms with E-state index in [-0.39, 0.29) is 17.3 Å². The molecule has 4 nitrogen and oxygen atoms in total. The Bertz CT molecular complexity index is 782.